The average Bonchev–Trinajstić information content (AvgIpc) is 2.79. The summed E-state index contributed by atoms with van der Waals surface area (Å²) < 4.78 is 10.9. The van der Waals surface area contributed by atoms with E-state index in [0.717, 1.165) is 39.0 Å². The lowest BCUT2D eigenvalue weighted by Crippen LogP contribution is -2.52. The van der Waals surface area contributed by atoms with Crippen LogP contribution in [0.1, 0.15) is 47.0 Å². The minimum atomic E-state index is -0.424. The van der Waals surface area contributed by atoms with Crippen LogP contribution in [0.3, 0.4) is 0 Å². The van der Waals surface area contributed by atoms with Gasteiger partial charge in [-0.15, -0.1) is 0 Å². The van der Waals surface area contributed by atoms with Crippen LogP contribution in [0.25, 0.3) is 0 Å². The Morgan fingerprint density at radius 1 is 1.30 bits per heavy atom. The molecule has 2 aliphatic heterocycles. The maximum Gasteiger partial charge on any atom is 0.410 e. The molecule has 1 amide bonds. The van der Waals surface area contributed by atoms with Gasteiger partial charge in [0.05, 0.1) is 6.61 Å². The van der Waals surface area contributed by atoms with Crippen molar-refractivity contribution in [1.82, 2.24) is 10.2 Å². The minimum Gasteiger partial charge on any atom is -0.444 e. The number of hydrogen-bond donors (Lipinski definition) is 1. The summed E-state index contributed by atoms with van der Waals surface area (Å²) in [5.41, 5.74) is -0.424. The van der Waals surface area contributed by atoms with Crippen LogP contribution in [0.2, 0.25) is 0 Å². The molecular weight excluding hydrogens is 256 g/mol. The van der Waals surface area contributed by atoms with Crippen LogP contribution >= 0.6 is 0 Å². The second kappa shape index (κ2) is 6.31. The van der Waals surface area contributed by atoms with Gasteiger partial charge in [-0.1, -0.05) is 0 Å². The van der Waals surface area contributed by atoms with Crippen molar-refractivity contribution in [3.8, 4) is 0 Å². The molecule has 1 N–H and O–H groups in total. The van der Waals surface area contributed by atoms with Gasteiger partial charge >= 0.3 is 6.09 Å². The van der Waals surface area contributed by atoms with E-state index in [1.165, 1.54) is 0 Å². The van der Waals surface area contributed by atoms with Crippen molar-refractivity contribution < 1.29 is 14.3 Å². The first-order chi connectivity index (χ1) is 9.35. The Hall–Kier alpha value is -0.810. The van der Waals surface area contributed by atoms with Gasteiger partial charge in [0.25, 0.3) is 0 Å². The van der Waals surface area contributed by atoms with E-state index in [0.29, 0.717) is 12.1 Å². The summed E-state index contributed by atoms with van der Waals surface area (Å²) in [7, 11) is 0. The smallest absolute Gasteiger partial charge is 0.410 e. The molecule has 0 spiro atoms. The fourth-order valence-electron chi connectivity index (χ4n) is 2.91. The van der Waals surface area contributed by atoms with Crippen LogP contribution in [-0.2, 0) is 9.47 Å². The lowest BCUT2D eigenvalue weighted by Gasteiger charge is -2.39. The van der Waals surface area contributed by atoms with Crippen molar-refractivity contribution in [2.45, 2.75) is 70.7 Å². The fraction of sp³-hybridized carbons (Fsp3) is 0.933. The van der Waals surface area contributed by atoms with E-state index in [-0.39, 0.29) is 12.1 Å². The number of carbonyl (C=O) groups excluding carboxylic acids is 1. The summed E-state index contributed by atoms with van der Waals surface area (Å²) in [5.74, 6) is 0. The number of piperidine rings is 1. The standard InChI is InChI=1S/C15H28N2O3/c1-11-9-12(16-13-6-8-19-10-13)5-7-17(11)14(18)20-15(2,3)4/h11-13,16H,5-10H2,1-4H3/t11?,12?,13-/m0/s1. The van der Waals surface area contributed by atoms with Crippen LogP contribution in [0.5, 0.6) is 0 Å². The first-order valence-corrected chi connectivity index (χ1v) is 7.68. The van der Waals surface area contributed by atoms with Gasteiger partial charge in [0, 0.05) is 31.3 Å². The Balaban J connectivity index is 1.80. The van der Waals surface area contributed by atoms with Crippen LogP contribution < -0.4 is 5.32 Å². The SMILES string of the molecule is CC1CC(N[C@H]2CCOC2)CCN1C(=O)OC(C)(C)C. The maximum absolute atomic E-state index is 12.1. The van der Waals surface area contributed by atoms with Crippen LogP contribution in [0.4, 0.5) is 4.79 Å². The molecule has 2 aliphatic rings. The van der Waals surface area contributed by atoms with Crippen LogP contribution in [-0.4, -0.2) is 54.5 Å². The van der Waals surface area contributed by atoms with Crippen LogP contribution in [0, 0.1) is 0 Å². The zero-order chi connectivity index (χ0) is 14.8. The molecule has 2 saturated heterocycles. The molecular formula is C15H28N2O3. The van der Waals surface area contributed by atoms with E-state index in [4.69, 9.17) is 9.47 Å². The molecule has 2 rings (SSSR count). The zero-order valence-corrected chi connectivity index (χ0v) is 13.1. The summed E-state index contributed by atoms with van der Waals surface area (Å²) in [6, 6.07) is 1.19. The Kier molecular flexibility index (Phi) is 4.91. The van der Waals surface area contributed by atoms with E-state index < -0.39 is 5.60 Å². The molecule has 0 saturated carbocycles. The Morgan fingerprint density at radius 2 is 2.05 bits per heavy atom. The molecule has 2 unspecified atom stereocenters. The number of ether oxygens (including phenoxy) is 2. The summed E-state index contributed by atoms with van der Waals surface area (Å²) in [4.78, 5) is 14.0. The Labute approximate surface area is 122 Å². The van der Waals surface area contributed by atoms with Crippen molar-refractivity contribution in [1.29, 1.82) is 0 Å². The number of nitrogens with one attached hydrogen (secondary N) is 1. The molecule has 0 aliphatic carbocycles. The highest BCUT2D eigenvalue weighted by Gasteiger charge is 2.32. The Bertz CT molecular complexity index is 335. The second-order valence-corrected chi connectivity index (χ2v) is 6.97. The first-order valence-electron chi connectivity index (χ1n) is 7.68. The van der Waals surface area contributed by atoms with Crippen molar-refractivity contribution in [2.75, 3.05) is 19.8 Å². The third kappa shape index (κ3) is 4.35. The van der Waals surface area contributed by atoms with Gasteiger partial charge in [-0.05, 0) is 47.0 Å². The van der Waals surface area contributed by atoms with E-state index in [1.807, 2.05) is 25.7 Å². The van der Waals surface area contributed by atoms with Crippen molar-refractivity contribution >= 4 is 6.09 Å². The molecule has 2 fully saturated rings. The molecule has 0 aromatic rings. The van der Waals surface area contributed by atoms with Gasteiger partial charge in [-0.2, -0.15) is 0 Å². The molecule has 20 heavy (non-hydrogen) atoms. The summed E-state index contributed by atoms with van der Waals surface area (Å²) >= 11 is 0. The fourth-order valence-corrected chi connectivity index (χ4v) is 2.91. The van der Waals surface area contributed by atoms with E-state index in [9.17, 15) is 4.79 Å². The van der Waals surface area contributed by atoms with Gasteiger partial charge in [0.1, 0.15) is 5.60 Å². The van der Waals surface area contributed by atoms with Gasteiger partial charge in [0.2, 0.25) is 0 Å². The van der Waals surface area contributed by atoms with Crippen molar-refractivity contribution in [2.24, 2.45) is 0 Å². The van der Waals surface area contributed by atoms with E-state index in [1.54, 1.807) is 0 Å². The third-order valence-electron chi connectivity index (χ3n) is 3.91. The molecule has 0 bridgehead atoms. The number of carbonyl (C=O) groups is 1. The highest BCUT2D eigenvalue weighted by Crippen LogP contribution is 2.21. The van der Waals surface area contributed by atoms with Gasteiger partial charge in [-0.3, -0.25) is 0 Å². The predicted molar refractivity (Wildman–Crippen MR) is 77.8 cm³/mol. The topological polar surface area (TPSA) is 50.8 Å². The zero-order valence-electron chi connectivity index (χ0n) is 13.1. The van der Waals surface area contributed by atoms with Gasteiger partial charge in [-0.25, -0.2) is 4.79 Å². The van der Waals surface area contributed by atoms with Crippen LogP contribution in [0.15, 0.2) is 0 Å². The third-order valence-corrected chi connectivity index (χ3v) is 3.91. The quantitative estimate of drug-likeness (QED) is 0.844. The highest BCUT2D eigenvalue weighted by atomic mass is 16.6. The average molecular weight is 284 g/mol. The predicted octanol–water partition coefficient (Wildman–Crippen LogP) is 2.15. The molecule has 0 radical (unpaired) electrons. The first kappa shape index (κ1) is 15.6. The molecule has 0 aromatic heterocycles. The van der Waals surface area contributed by atoms with E-state index in [2.05, 4.69) is 12.2 Å². The minimum absolute atomic E-state index is 0.187. The molecule has 5 heteroatoms. The molecule has 116 valence electrons. The normalized spacial score (nSPS) is 31.4. The molecule has 3 atom stereocenters. The van der Waals surface area contributed by atoms with Gasteiger partial charge in [0.15, 0.2) is 0 Å². The summed E-state index contributed by atoms with van der Waals surface area (Å²) in [6.07, 6.45) is 2.88. The van der Waals surface area contributed by atoms with Gasteiger partial charge < -0.3 is 19.7 Å². The Morgan fingerprint density at radius 3 is 2.60 bits per heavy atom. The largest absolute Gasteiger partial charge is 0.444 e. The lowest BCUT2D eigenvalue weighted by molar-refractivity contribution is 0.00892. The maximum atomic E-state index is 12.1. The van der Waals surface area contributed by atoms with Crippen molar-refractivity contribution in [3.05, 3.63) is 0 Å². The number of nitrogens with zero attached hydrogens (tertiary/aromatic N) is 1. The molecule has 0 aromatic carbocycles. The number of hydrogen-bond acceptors (Lipinski definition) is 4. The number of amides is 1. The molecule has 2 heterocycles. The highest BCUT2D eigenvalue weighted by molar-refractivity contribution is 5.68. The van der Waals surface area contributed by atoms with Crippen molar-refractivity contribution in [3.63, 3.8) is 0 Å². The molecule has 5 nitrogen and oxygen atoms in total. The summed E-state index contributed by atoms with van der Waals surface area (Å²) in [6.45, 7) is 10.3. The second-order valence-electron chi connectivity index (χ2n) is 6.97. The number of rotatable bonds is 2. The lowest BCUT2D eigenvalue weighted by atomic mass is 9.97. The number of likely N-dealkylation sites (tertiary alicyclic amines) is 1. The monoisotopic (exact) mass is 284 g/mol. The van der Waals surface area contributed by atoms with E-state index >= 15 is 0 Å². The summed E-state index contributed by atoms with van der Waals surface area (Å²) in [5, 5.41) is 3.65.